The summed E-state index contributed by atoms with van der Waals surface area (Å²) in [6.45, 7) is 14.3. The molecule has 0 spiro atoms. The summed E-state index contributed by atoms with van der Waals surface area (Å²) in [6.07, 6.45) is 9.92. The summed E-state index contributed by atoms with van der Waals surface area (Å²) in [4.78, 5) is 19.6. The Morgan fingerprint density at radius 2 is 1.46 bits per heavy atom. The van der Waals surface area contributed by atoms with Crippen molar-refractivity contribution in [2.24, 2.45) is 17.8 Å². The Labute approximate surface area is 161 Å². The number of hydrogen-bond acceptors (Lipinski definition) is 3. The number of rotatable bonds is 5. The molecule has 26 heavy (non-hydrogen) atoms. The number of likely N-dealkylation sites (tertiary alicyclic amines) is 1. The van der Waals surface area contributed by atoms with E-state index in [9.17, 15) is 4.79 Å². The standard InChI is InChI=1S/C22H41N3O/c1-4-19-5-7-21(8-6-19)24-11-9-20(10-12-24)17-23-13-15-25(16-14-23)22(26)18(2)3/h18-21H,4-17H2,1-3H3. The Bertz CT molecular complexity index is 429. The van der Waals surface area contributed by atoms with Crippen molar-refractivity contribution < 1.29 is 4.79 Å². The van der Waals surface area contributed by atoms with E-state index in [2.05, 4.69) is 21.6 Å². The first-order valence-corrected chi connectivity index (χ1v) is 11.3. The molecule has 0 aromatic heterocycles. The number of amides is 1. The lowest BCUT2D eigenvalue weighted by atomic mass is 9.83. The van der Waals surface area contributed by atoms with E-state index in [-0.39, 0.29) is 5.92 Å². The second-order valence-corrected chi connectivity index (χ2v) is 9.34. The van der Waals surface area contributed by atoms with Gasteiger partial charge in [-0.3, -0.25) is 9.69 Å². The molecule has 3 fully saturated rings. The number of piperazine rings is 1. The molecule has 4 heteroatoms. The summed E-state index contributed by atoms with van der Waals surface area (Å²) in [7, 11) is 0. The van der Waals surface area contributed by atoms with Gasteiger partial charge in [0, 0.05) is 44.7 Å². The molecule has 0 unspecified atom stereocenters. The summed E-state index contributed by atoms with van der Waals surface area (Å²) < 4.78 is 0. The monoisotopic (exact) mass is 363 g/mol. The Morgan fingerprint density at radius 3 is 2.00 bits per heavy atom. The van der Waals surface area contributed by atoms with Crippen LogP contribution in [0.1, 0.15) is 65.7 Å². The molecule has 3 aliphatic rings. The first kappa shape index (κ1) is 20.1. The minimum absolute atomic E-state index is 0.137. The van der Waals surface area contributed by atoms with Crippen LogP contribution < -0.4 is 0 Å². The number of carbonyl (C=O) groups excluding carboxylic acids is 1. The maximum atomic E-state index is 12.1. The lowest BCUT2D eigenvalue weighted by Gasteiger charge is -2.42. The third kappa shape index (κ3) is 5.22. The fourth-order valence-electron chi connectivity index (χ4n) is 5.30. The van der Waals surface area contributed by atoms with Gasteiger partial charge in [-0.1, -0.05) is 27.2 Å². The molecule has 0 N–H and O–H groups in total. The second-order valence-electron chi connectivity index (χ2n) is 9.34. The molecule has 2 saturated heterocycles. The zero-order chi connectivity index (χ0) is 18.5. The van der Waals surface area contributed by atoms with Crippen molar-refractivity contribution in [2.45, 2.75) is 71.8 Å². The highest BCUT2D eigenvalue weighted by molar-refractivity contribution is 5.78. The van der Waals surface area contributed by atoms with Crippen LogP contribution in [0.5, 0.6) is 0 Å². The molecule has 0 aromatic rings. The molecule has 1 amide bonds. The van der Waals surface area contributed by atoms with E-state index in [1.807, 2.05) is 13.8 Å². The van der Waals surface area contributed by atoms with E-state index < -0.39 is 0 Å². The fourth-order valence-corrected chi connectivity index (χ4v) is 5.30. The Balaban J connectivity index is 1.34. The average molecular weight is 364 g/mol. The molecule has 0 bridgehead atoms. The van der Waals surface area contributed by atoms with Crippen molar-refractivity contribution in [3.05, 3.63) is 0 Å². The van der Waals surface area contributed by atoms with E-state index in [1.54, 1.807) is 0 Å². The molecule has 1 aliphatic carbocycles. The molecular weight excluding hydrogens is 322 g/mol. The Hall–Kier alpha value is -0.610. The average Bonchev–Trinajstić information content (AvgIpc) is 2.68. The number of hydrogen-bond donors (Lipinski definition) is 0. The minimum Gasteiger partial charge on any atom is -0.340 e. The van der Waals surface area contributed by atoms with Crippen LogP contribution in [0.25, 0.3) is 0 Å². The van der Waals surface area contributed by atoms with Crippen LogP contribution in [-0.4, -0.2) is 72.5 Å². The molecule has 150 valence electrons. The minimum atomic E-state index is 0.137. The number of piperidine rings is 1. The maximum absolute atomic E-state index is 12.1. The van der Waals surface area contributed by atoms with Crippen LogP contribution in [0.2, 0.25) is 0 Å². The Kier molecular flexibility index (Phi) is 7.39. The SMILES string of the molecule is CCC1CCC(N2CCC(CN3CCN(C(=O)C(C)C)CC3)CC2)CC1. The lowest BCUT2D eigenvalue weighted by Crippen LogP contribution is -2.51. The molecule has 2 aliphatic heterocycles. The Morgan fingerprint density at radius 1 is 0.846 bits per heavy atom. The van der Waals surface area contributed by atoms with Gasteiger partial charge in [-0.2, -0.15) is 0 Å². The van der Waals surface area contributed by atoms with Crippen LogP contribution >= 0.6 is 0 Å². The normalized spacial score (nSPS) is 30.1. The maximum Gasteiger partial charge on any atom is 0.225 e. The molecule has 4 nitrogen and oxygen atoms in total. The van der Waals surface area contributed by atoms with Gasteiger partial charge in [-0.05, 0) is 63.5 Å². The van der Waals surface area contributed by atoms with Gasteiger partial charge < -0.3 is 9.80 Å². The van der Waals surface area contributed by atoms with Crippen molar-refractivity contribution >= 4 is 5.91 Å². The highest BCUT2D eigenvalue weighted by atomic mass is 16.2. The predicted octanol–water partition coefficient (Wildman–Crippen LogP) is 3.47. The van der Waals surface area contributed by atoms with Crippen molar-refractivity contribution in [2.75, 3.05) is 45.8 Å². The van der Waals surface area contributed by atoms with Crippen LogP contribution in [0.15, 0.2) is 0 Å². The number of carbonyl (C=O) groups is 1. The van der Waals surface area contributed by atoms with Gasteiger partial charge in [-0.25, -0.2) is 0 Å². The zero-order valence-corrected chi connectivity index (χ0v) is 17.5. The van der Waals surface area contributed by atoms with Gasteiger partial charge in [0.1, 0.15) is 0 Å². The van der Waals surface area contributed by atoms with Crippen LogP contribution in [0.3, 0.4) is 0 Å². The van der Waals surface area contributed by atoms with Gasteiger partial charge in [0.15, 0.2) is 0 Å². The van der Waals surface area contributed by atoms with Crippen LogP contribution in [0, 0.1) is 17.8 Å². The highest BCUT2D eigenvalue weighted by Gasteiger charge is 2.30. The van der Waals surface area contributed by atoms with Gasteiger partial charge in [-0.15, -0.1) is 0 Å². The van der Waals surface area contributed by atoms with Gasteiger partial charge in [0.25, 0.3) is 0 Å². The summed E-state index contributed by atoms with van der Waals surface area (Å²) >= 11 is 0. The van der Waals surface area contributed by atoms with E-state index >= 15 is 0 Å². The fraction of sp³-hybridized carbons (Fsp3) is 0.955. The zero-order valence-electron chi connectivity index (χ0n) is 17.5. The summed E-state index contributed by atoms with van der Waals surface area (Å²) in [5.41, 5.74) is 0. The van der Waals surface area contributed by atoms with E-state index in [0.717, 1.165) is 44.1 Å². The largest absolute Gasteiger partial charge is 0.340 e. The van der Waals surface area contributed by atoms with Crippen molar-refractivity contribution in [3.63, 3.8) is 0 Å². The van der Waals surface area contributed by atoms with Gasteiger partial charge >= 0.3 is 0 Å². The molecule has 0 atom stereocenters. The first-order valence-electron chi connectivity index (χ1n) is 11.3. The molecule has 1 saturated carbocycles. The van der Waals surface area contributed by atoms with Gasteiger partial charge in [0.2, 0.25) is 5.91 Å². The summed E-state index contributed by atoms with van der Waals surface area (Å²) in [6, 6.07) is 0.879. The van der Waals surface area contributed by atoms with Crippen LogP contribution in [-0.2, 0) is 4.79 Å². The first-order chi connectivity index (χ1) is 12.6. The van der Waals surface area contributed by atoms with Gasteiger partial charge in [0.05, 0.1) is 0 Å². The molecule has 0 aromatic carbocycles. The third-order valence-corrected chi connectivity index (χ3v) is 7.25. The highest BCUT2D eigenvalue weighted by Crippen LogP contribution is 2.31. The lowest BCUT2D eigenvalue weighted by molar-refractivity contribution is -0.136. The van der Waals surface area contributed by atoms with E-state index in [1.165, 1.54) is 64.6 Å². The second kappa shape index (κ2) is 9.54. The molecule has 2 heterocycles. The van der Waals surface area contributed by atoms with E-state index in [4.69, 9.17) is 0 Å². The smallest absolute Gasteiger partial charge is 0.225 e. The van der Waals surface area contributed by atoms with Crippen molar-refractivity contribution in [3.8, 4) is 0 Å². The van der Waals surface area contributed by atoms with Crippen molar-refractivity contribution in [1.29, 1.82) is 0 Å². The topological polar surface area (TPSA) is 26.8 Å². The molecule has 3 rings (SSSR count). The molecule has 0 radical (unpaired) electrons. The predicted molar refractivity (Wildman–Crippen MR) is 108 cm³/mol. The summed E-state index contributed by atoms with van der Waals surface area (Å²) in [5, 5.41) is 0. The molecular formula is C22H41N3O. The van der Waals surface area contributed by atoms with E-state index in [0.29, 0.717) is 5.91 Å². The third-order valence-electron chi connectivity index (χ3n) is 7.25. The van der Waals surface area contributed by atoms with Crippen molar-refractivity contribution in [1.82, 2.24) is 14.7 Å². The number of nitrogens with zero attached hydrogens (tertiary/aromatic N) is 3. The quantitative estimate of drug-likeness (QED) is 0.748. The summed E-state index contributed by atoms with van der Waals surface area (Å²) in [5.74, 6) is 2.34. The van der Waals surface area contributed by atoms with Crippen LogP contribution in [0.4, 0.5) is 0 Å².